The number of ether oxygens (including phenoxy) is 6. The predicted octanol–water partition coefficient (Wildman–Crippen LogP) is 5.67. The second-order valence-electron chi connectivity index (χ2n) is 12.9. The van der Waals surface area contributed by atoms with Crippen molar-refractivity contribution in [2.75, 3.05) is 39.6 Å². The largest absolute Gasteiger partial charge is 0.493 e. The van der Waals surface area contributed by atoms with E-state index >= 15 is 0 Å². The van der Waals surface area contributed by atoms with Crippen molar-refractivity contribution < 1.29 is 57.8 Å². The Balaban J connectivity index is 1.02. The van der Waals surface area contributed by atoms with Crippen LogP contribution in [0, 0.1) is 0 Å². The van der Waals surface area contributed by atoms with Crippen LogP contribution in [0.3, 0.4) is 0 Å². The van der Waals surface area contributed by atoms with Crippen LogP contribution in [0.15, 0.2) is 36.4 Å². The fourth-order valence-corrected chi connectivity index (χ4v) is 6.36. The molecule has 0 bridgehead atoms. The molecule has 4 rings (SSSR count). The van der Waals surface area contributed by atoms with Crippen molar-refractivity contribution in [3.8, 4) is 11.5 Å². The third kappa shape index (κ3) is 9.75. The monoisotopic (exact) mass is 698 g/mol. The van der Waals surface area contributed by atoms with E-state index in [1.807, 2.05) is 0 Å². The molecule has 0 amide bonds. The van der Waals surface area contributed by atoms with Crippen LogP contribution in [0.4, 0.5) is 0 Å². The minimum Gasteiger partial charge on any atom is -0.493 e. The lowest BCUT2D eigenvalue weighted by Gasteiger charge is -2.25. The molecule has 2 aromatic carbocycles. The highest BCUT2D eigenvalue weighted by Crippen LogP contribution is 2.42. The molecule has 12 heteroatoms. The lowest BCUT2D eigenvalue weighted by atomic mass is 9.93. The molecule has 2 aliphatic rings. The summed E-state index contributed by atoms with van der Waals surface area (Å²) in [5, 5.41) is 19.9. The number of unbranched alkanes of at least 4 members (excludes halogenated alkanes) is 11. The van der Waals surface area contributed by atoms with Gasteiger partial charge in [0.15, 0.2) is 11.2 Å². The van der Waals surface area contributed by atoms with Crippen LogP contribution in [0.2, 0.25) is 0 Å². The number of esters is 4. The zero-order valence-electron chi connectivity index (χ0n) is 29.2. The fourth-order valence-electron chi connectivity index (χ4n) is 6.36. The van der Waals surface area contributed by atoms with E-state index in [-0.39, 0.29) is 24.3 Å². The first kappa shape index (κ1) is 38.6. The van der Waals surface area contributed by atoms with Gasteiger partial charge in [-0.15, -0.1) is 0 Å². The molecule has 274 valence electrons. The van der Waals surface area contributed by atoms with E-state index in [1.165, 1.54) is 52.4 Å². The van der Waals surface area contributed by atoms with Crippen LogP contribution in [0.1, 0.15) is 123 Å². The second-order valence-corrected chi connectivity index (χ2v) is 12.9. The van der Waals surface area contributed by atoms with E-state index in [1.54, 1.807) is 36.4 Å². The minimum atomic E-state index is -1.41. The van der Waals surface area contributed by atoms with E-state index in [0.29, 0.717) is 35.8 Å². The van der Waals surface area contributed by atoms with Crippen molar-refractivity contribution in [1.82, 2.24) is 0 Å². The molecule has 0 fully saturated rings. The van der Waals surface area contributed by atoms with Crippen LogP contribution < -0.4 is 9.47 Å². The van der Waals surface area contributed by atoms with Gasteiger partial charge in [0.25, 0.3) is 0 Å². The van der Waals surface area contributed by atoms with E-state index < -0.39 is 48.3 Å². The quantitative estimate of drug-likeness (QED) is 0.0832. The first-order chi connectivity index (χ1) is 24.2. The Bertz CT molecular complexity index is 1360. The molecule has 0 saturated heterocycles. The number of hydrogen-bond acceptors (Lipinski definition) is 12. The molecular formula is C38H50O12. The van der Waals surface area contributed by atoms with Crippen LogP contribution >= 0.6 is 0 Å². The Morgan fingerprint density at radius 2 is 0.920 bits per heavy atom. The molecular weight excluding hydrogens is 648 g/mol. The molecule has 2 heterocycles. The lowest BCUT2D eigenvalue weighted by Crippen LogP contribution is -2.36. The number of aliphatic hydroxyl groups excluding tert-OH is 2. The third-order valence-corrected chi connectivity index (χ3v) is 9.10. The maximum atomic E-state index is 12.6. The number of fused-ring (bicyclic) bond motifs is 2. The molecule has 0 aliphatic carbocycles. The molecule has 0 unspecified atom stereocenters. The molecule has 0 radical (unpaired) electrons. The third-order valence-electron chi connectivity index (χ3n) is 9.10. The Kier molecular flexibility index (Phi) is 14.5. The smallest absolute Gasteiger partial charge is 0.343 e. The number of benzene rings is 2. The Morgan fingerprint density at radius 1 is 0.580 bits per heavy atom. The molecule has 0 spiro atoms. The molecule has 2 aromatic rings. The van der Waals surface area contributed by atoms with Crippen molar-refractivity contribution in [3.63, 3.8) is 0 Å². The zero-order valence-corrected chi connectivity index (χ0v) is 29.2. The van der Waals surface area contributed by atoms with E-state index in [0.717, 1.165) is 38.5 Å². The van der Waals surface area contributed by atoms with Crippen molar-refractivity contribution in [3.05, 3.63) is 58.7 Å². The van der Waals surface area contributed by atoms with Crippen LogP contribution in [0.25, 0.3) is 0 Å². The van der Waals surface area contributed by atoms with Gasteiger partial charge in [0, 0.05) is 25.0 Å². The molecule has 2 atom stereocenters. The lowest BCUT2D eigenvalue weighted by molar-refractivity contribution is -0.152. The first-order valence-corrected chi connectivity index (χ1v) is 17.6. The van der Waals surface area contributed by atoms with Gasteiger partial charge in [-0.3, -0.25) is 9.59 Å². The van der Waals surface area contributed by atoms with E-state index in [2.05, 4.69) is 0 Å². The van der Waals surface area contributed by atoms with Gasteiger partial charge < -0.3 is 38.6 Å². The summed E-state index contributed by atoms with van der Waals surface area (Å²) < 4.78 is 32.9. The topological polar surface area (TPSA) is 164 Å². The summed E-state index contributed by atoms with van der Waals surface area (Å²) in [6.07, 6.45) is 13.1. The highest BCUT2D eigenvalue weighted by molar-refractivity contribution is 5.98. The summed E-state index contributed by atoms with van der Waals surface area (Å²) in [5.74, 6) is -1.43. The van der Waals surface area contributed by atoms with Crippen LogP contribution in [-0.4, -0.2) is 73.7 Å². The summed E-state index contributed by atoms with van der Waals surface area (Å²) in [6.45, 7) is 1.92. The van der Waals surface area contributed by atoms with Crippen molar-refractivity contribution in [1.29, 1.82) is 0 Å². The first-order valence-electron chi connectivity index (χ1n) is 17.6. The number of cyclic esters (lactones) is 2. The molecule has 2 aliphatic heterocycles. The maximum absolute atomic E-state index is 12.6. The average molecular weight is 699 g/mol. The van der Waals surface area contributed by atoms with Crippen LogP contribution in [-0.2, 0) is 39.7 Å². The minimum absolute atomic E-state index is 0.257. The van der Waals surface area contributed by atoms with Gasteiger partial charge in [-0.05, 0) is 25.0 Å². The normalized spacial score (nSPS) is 19.0. The number of rotatable bonds is 23. The van der Waals surface area contributed by atoms with Gasteiger partial charge in [-0.25, -0.2) is 9.59 Å². The zero-order chi connectivity index (χ0) is 36.0. The summed E-state index contributed by atoms with van der Waals surface area (Å²) in [4.78, 5) is 47.8. The second kappa shape index (κ2) is 18.7. The summed E-state index contributed by atoms with van der Waals surface area (Å²) in [6, 6.07) is 10.3. The molecule has 2 N–H and O–H groups in total. The SMILES string of the molecule is CC(=O)OC[C@@]1(CO)OC(=O)c2c(OCCCCCCCCCCCCCCOc3cccc4c3C(=O)O[C@]4(CO)COC(C)=O)cccc21. The summed E-state index contributed by atoms with van der Waals surface area (Å²) in [5.41, 5.74) is -1.35. The van der Waals surface area contributed by atoms with Gasteiger partial charge in [0.05, 0.1) is 26.4 Å². The Labute approximate surface area is 293 Å². The molecule has 12 nitrogen and oxygen atoms in total. The van der Waals surface area contributed by atoms with Crippen molar-refractivity contribution in [2.45, 2.75) is 102 Å². The standard InChI is InChI=1S/C38H50O12/c1-27(41)47-25-37(23-39)29-17-15-19-31(33(29)35(43)49-37)45-21-13-11-9-7-5-3-4-6-8-10-12-14-22-46-32-20-16-18-30-34(32)36(44)50-38(30,24-40)26-48-28(2)42/h15-20,39-40H,3-14,21-26H2,1-2H3/t37-,38-/m1/s1. The molecule has 0 saturated carbocycles. The van der Waals surface area contributed by atoms with Gasteiger partial charge in [0.1, 0.15) is 35.8 Å². The van der Waals surface area contributed by atoms with Crippen molar-refractivity contribution >= 4 is 23.9 Å². The number of hydrogen-bond donors (Lipinski definition) is 2. The molecule has 50 heavy (non-hydrogen) atoms. The molecule has 0 aromatic heterocycles. The highest BCUT2D eigenvalue weighted by Gasteiger charge is 2.49. The maximum Gasteiger partial charge on any atom is 0.343 e. The van der Waals surface area contributed by atoms with Gasteiger partial charge in [-0.2, -0.15) is 0 Å². The van der Waals surface area contributed by atoms with Gasteiger partial charge in [0.2, 0.25) is 0 Å². The van der Waals surface area contributed by atoms with E-state index in [9.17, 15) is 29.4 Å². The number of aliphatic hydroxyl groups is 2. The van der Waals surface area contributed by atoms with Crippen LogP contribution in [0.5, 0.6) is 11.5 Å². The summed E-state index contributed by atoms with van der Waals surface area (Å²) >= 11 is 0. The van der Waals surface area contributed by atoms with E-state index in [4.69, 9.17) is 28.4 Å². The number of carbonyl (C=O) groups excluding carboxylic acids is 4. The van der Waals surface area contributed by atoms with Crippen molar-refractivity contribution in [2.24, 2.45) is 0 Å². The summed E-state index contributed by atoms with van der Waals surface area (Å²) in [7, 11) is 0. The average Bonchev–Trinajstić information content (AvgIpc) is 3.57. The Morgan fingerprint density at radius 3 is 1.24 bits per heavy atom. The highest BCUT2D eigenvalue weighted by atomic mass is 16.6. The van der Waals surface area contributed by atoms with Gasteiger partial charge in [-0.1, -0.05) is 88.5 Å². The predicted molar refractivity (Wildman–Crippen MR) is 181 cm³/mol. The Hall–Kier alpha value is -4.16. The fraction of sp³-hybridized carbons (Fsp3) is 0.579. The van der Waals surface area contributed by atoms with Gasteiger partial charge >= 0.3 is 23.9 Å². The number of carbonyl (C=O) groups is 4.